The Morgan fingerprint density at radius 1 is 1.00 bits per heavy atom. The summed E-state index contributed by atoms with van der Waals surface area (Å²) in [6, 6.07) is 14.3. The summed E-state index contributed by atoms with van der Waals surface area (Å²) in [6.07, 6.45) is 0.579. The van der Waals surface area contributed by atoms with E-state index >= 15 is 0 Å². The highest BCUT2D eigenvalue weighted by Crippen LogP contribution is 2.24. The van der Waals surface area contributed by atoms with Gasteiger partial charge in [0.25, 0.3) is 5.91 Å². The third-order valence-electron chi connectivity index (χ3n) is 5.17. The summed E-state index contributed by atoms with van der Waals surface area (Å²) in [5.74, 6) is -1.01. The Balaban J connectivity index is 1.51. The molecule has 164 valence electrons. The summed E-state index contributed by atoms with van der Waals surface area (Å²) in [7, 11) is -3.61. The number of amides is 1. The molecule has 1 aliphatic heterocycles. The molecule has 9 heteroatoms. The van der Waals surface area contributed by atoms with Gasteiger partial charge in [0, 0.05) is 24.7 Å². The van der Waals surface area contributed by atoms with Gasteiger partial charge in [-0.15, -0.1) is 0 Å². The molecular weight excluding hydrogens is 420 g/mol. The molecule has 0 bridgehead atoms. The molecule has 1 aliphatic carbocycles. The van der Waals surface area contributed by atoms with Crippen LogP contribution in [-0.4, -0.2) is 57.5 Å². The molecular formula is C22H24N2O6S. The Hall–Kier alpha value is -2.75. The predicted octanol–water partition coefficient (Wildman–Crippen LogP) is 1.88. The van der Waals surface area contributed by atoms with Gasteiger partial charge in [-0.25, -0.2) is 17.9 Å². The lowest BCUT2D eigenvalue weighted by atomic mass is 10.1. The third kappa shape index (κ3) is 5.30. The van der Waals surface area contributed by atoms with Crippen molar-refractivity contribution in [2.45, 2.75) is 29.9 Å². The molecule has 2 aromatic carbocycles. The molecule has 0 spiro atoms. The van der Waals surface area contributed by atoms with E-state index in [1.165, 1.54) is 24.3 Å². The first kappa shape index (κ1) is 21.5. The van der Waals surface area contributed by atoms with Crippen LogP contribution in [0.3, 0.4) is 0 Å². The zero-order chi connectivity index (χ0) is 21.8. The second-order valence-electron chi connectivity index (χ2n) is 7.55. The number of benzene rings is 2. The first-order valence-electron chi connectivity index (χ1n) is 10.2. The standard InChI is InChI=1S/C22H24N2O6S/c25-21(24-12-14-29-15-13-24)20(16-4-2-1-3-5-16)30-22(26)17-6-10-19(11-7-17)31(27,28)23-18-8-9-18/h1-7,10-11,18,20,23H,8-9,12-15H2/t20-/m0/s1. The van der Waals surface area contributed by atoms with E-state index < -0.39 is 22.1 Å². The summed E-state index contributed by atoms with van der Waals surface area (Å²) >= 11 is 0. The van der Waals surface area contributed by atoms with Crippen molar-refractivity contribution in [2.24, 2.45) is 0 Å². The van der Waals surface area contributed by atoms with Crippen molar-refractivity contribution in [1.82, 2.24) is 9.62 Å². The number of nitrogens with one attached hydrogen (secondary N) is 1. The van der Waals surface area contributed by atoms with Crippen molar-refractivity contribution < 1.29 is 27.5 Å². The Morgan fingerprint density at radius 2 is 1.65 bits per heavy atom. The van der Waals surface area contributed by atoms with Crippen LogP contribution in [0.4, 0.5) is 0 Å². The SMILES string of the molecule is O=C(O[C@H](C(=O)N1CCOCC1)c1ccccc1)c1ccc(S(=O)(=O)NC2CC2)cc1. The van der Waals surface area contributed by atoms with Crippen molar-refractivity contribution in [1.29, 1.82) is 0 Å². The lowest BCUT2D eigenvalue weighted by Gasteiger charge is -2.30. The molecule has 1 heterocycles. The maximum Gasteiger partial charge on any atom is 0.339 e. The molecule has 0 radical (unpaired) electrons. The molecule has 0 aromatic heterocycles. The zero-order valence-corrected chi connectivity index (χ0v) is 17.7. The third-order valence-corrected chi connectivity index (χ3v) is 6.71. The topological polar surface area (TPSA) is 102 Å². The first-order chi connectivity index (χ1) is 14.9. The summed E-state index contributed by atoms with van der Waals surface area (Å²) in [4.78, 5) is 27.5. The van der Waals surface area contributed by atoms with Gasteiger partial charge >= 0.3 is 5.97 Å². The fourth-order valence-corrected chi connectivity index (χ4v) is 4.58. The van der Waals surface area contributed by atoms with Crippen molar-refractivity contribution in [3.05, 3.63) is 65.7 Å². The van der Waals surface area contributed by atoms with E-state index in [1.807, 2.05) is 6.07 Å². The van der Waals surface area contributed by atoms with Crippen LogP contribution in [0.2, 0.25) is 0 Å². The van der Waals surface area contributed by atoms with Gasteiger partial charge < -0.3 is 14.4 Å². The Labute approximate surface area is 181 Å². The van der Waals surface area contributed by atoms with Gasteiger partial charge in [0.2, 0.25) is 16.1 Å². The minimum atomic E-state index is -3.61. The van der Waals surface area contributed by atoms with E-state index in [9.17, 15) is 18.0 Å². The van der Waals surface area contributed by atoms with Crippen LogP contribution in [0, 0.1) is 0 Å². The molecule has 1 N–H and O–H groups in total. The molecule has 1 saturated heterocycles. The zero-order valence-electron chi connectivity index (χ0n) is 16.9. The number of nitrogens with zero attached hydrogens (tertiary/aromatic N) is 1. The number of ether oxygens (including phenoxy) is 2. The number of sulfonamides is 1. The highest BCUT2D eigenvalue weighted by molar-refractivity contribution is 7.89. The van der Waals surface area contributed by atoms with Crippen LogP contribution in [0.25, 0.3) is 0 Å². The second-order valence-corrected chi connectivity index (χ2v) is 9.27. The van der Waals surface area contributed by atoms with Gasteiger partial charge in [-0.3, -0.25) is 4.79 Å². The molecule has 1 atom stereocenters. The van der Waals surface area contributed by atoms with Crippen LogP contribution in [-0.2, 0) is 24.3 Å². The summed E-state index contributed by atoms with van der Waals surface area (Å²) in [6.45, 7) is 1.73. The van der Waals surface area contributed by atoms with Gasteiger partial charge in [-0.1, -0.05) is 30.3 Å². The summed E-state index contributed by atoms with van der Waals surface area (Å²) in [5.41, 5.74) is 0.737. The molecule has 2 fully saturated rings. The second kappa shape index (κ2) is 9.17. The van der Waals surface area contributed by atoms with Gasteiger partial charge in [0.05, 0.1) is 23.7 Å². The summed E-state index contributed by atoms with van der Waals surface area (Å²) in [5, 5.41) is 0. The van der Waals surface area contributed by atoms with Gasteiger partial charge in [0.1, 0.15) is 0 Å². The molecule has 1 saturated carbocycles. The highest BCUT2D eigenvalue weighted by atomic mass is 32.2. The predicted molar refractivity (Wildman–Crippen MR) is 112 cm³/mol. The van der Waals surface area contributed by atoms with E-state index in [4.69, 9.17) is 9.47 Å². The minimum Gasteiger partial charge on any atom is -0.444 e. The number of esters is 1. The van der Waals surface area contributed by atoms with Crippen molar-refractivity contribution in [3.8, 4) is 0 Å². The fourth-order valence-electron chi connectivity index (χ4n) is 3.27. The average molecular weight is 445 g/mol. The minimum absolute atomic E-state index is 0.00697. The number of hydrogen-bond acceptors (Lipinski definition) is 6. The highest BCUT2D eigenvalue weighted by Gasteiger charge is 2.31. The number of morpholine rings is 1. The molecule has 1 amide bonds. The Kier molecular flexibility index (Phi) is 6.35. The molecule has 31 heavy (non-hydrogen) atoms. The Bertz CT molecular complexity index is 1030. The van der Waals surface area contributed by atoms with E-state index in [-0.39, 0.29) is 22.4 Å². The number of carbonyl (C=O) groups excluding carboxylic acids is 2. The summed E-state index contributed by atoms with van der Waals surface area (Å²) < 4.78 is 38.1. The smallest absolute Gasteiger partial charge is 0.339 e. The largest absolute Gasteiger partial charge is 0.444 e. The van der Waals surface area contributed by atoms with Crippen molar-refractivity contribution in [2.75, 3.05) is 26.3 Å². The first-order valence-corrected chi connectivity index (χ1v) is 11.7. The lowest BCUT2D eigenvalue weighted by Crippen LogP contribution is -2.44. The number of rotatable bonds is 7. The number of hydrogen-bond donors (Lipinski definition) is 1. The lowest BCUT2D eigenvalue weighted by molar-refractivity contribution is -0.145. The monoisotopic (exact) mass is 444 g/mol. The van der Waals surface area contributed by atoms with Crippen molar-refractivity contribution >= 4 is 21.9 Å². The molecule has 2 aliphatic rings. The quantitative estimate of drug-likeness (QED) is 0.655. The molecule has 0 unspecified atom stereocenters. The van der Waals surface area contributed by atoms with Gasteiger partial charge in [0.15, 0.2) is 0 Å². The van der Waals surface area contributed by atoms with Crippen LogP contribution < -0.4 is 4.72 Å². The molecule has 4 rings (SSSR count). The van der Waals surface area contributed by atoms with E-state index in [0.29, 0.717) is 31.9 Å². The van der Waals surface area contributed by atoms with Gasteiger partial charge in [-0.05, 0) is 37.1 Å². The van der Waals surface area contributed by atoms with Crippen LogP contribution >= 0.6 is 0 Å². The van der Waals surface area contributed by atoms with E-state index in [2.05, 4.69) is 4.72 Å². The molecule has 2 aromatic rings. The Morgan fingerprint density at radius 3 is 2.26 bits per heavy atom. The van der Waals surface area contributed by atoms with Crippen LogP contribution in [0.1, 0.15) is 34.9 Å². The number of carbonyl (C=O) groups is 2. The van der Waals surface area contributed by atoms with E-state index in [0.717, 1.165) is 12.8 Å². The maximum absolute atomic E-state index is 13.1. The van der Waals surface area contributed by atoms with Gasteiger partial charge in [-0.2, -0.15) is 0 Å². The maximum atomic E-state index is 13.1. The van der Waals surface area contributed by atoms with Crippen LogP contribution in [0.15, 0.2) is 59.5 Å². The fraction of sp³-hybridized carbons (Fsp3) is 0.364. The average Bonchev–Trinajstić information content (AvgIpc) is 3.61. The normalized spacial score (nSPS) is 17.7. The molecule has 8 nitrogen and oxygen atoms in total. The van der Waals surface area contributed by atoms with Crippen LogP contribution in [0.5, 0.6) is 0 Å². The van der Waals surface area contributed by atoms with E-state index in [1.54, 1.807) is 29.2 Å². The van der Waals surface area contributed by atoms with Crippen molar-refractivity contribution in [3.63, 3.8) is 0 Å².